The molecule has 0 unspecified atom stereocenters. The quantitative estimate of drug-likeness (QED) is 0.324. The highest BCUT2D eigenvalue weighted by atomic mass is 16.3. The van der Waals surface area contributed by atoms with Crippen LogP contribution in [0.3, 0.4) is 0 Å². The first-order chi connectivity index (χ1) is 12.0. The van der Waals surface area contributed by atoms with Crippen molar-refractivity contribution in [1.29, 1.82) is 5.41 Å². The maximum absolute atomic E-state index is 9.88. The van der Waals surface area contributed by atoms with E-state index in [1.54, 1.807) is 12.1 Å². The van der Waals surface area contributed by atoms with Gasteiger partial charge in [-0.3, -0.25) is 5.41 Å². The summed E-state index contributed by atoms with van der Waals surface area (Å²) in [6.07, 6.45) is 1.87. The van der Waals surface area contributed by atoms with E-state index >= 15 is 0 Å². The van der Waals surface area contributed by atoms with Gasteiger partial charge < -0.3 is 31.4 Å². The summed E-state index contributed by atoms with van der Waals surface area (Å²) in [6.45, 7) is 2.59. The van der Waals surface area contributed by atoms with Crippen LogP contribution in [0.2, 0.25) is 0 Å². The highest BCUT2D eigenvalue weighted by molar-refractivity contribution is 6.03. The van der Waals surface area contributed by atoms with Crippen molar-refractivity contribution >= 4 is 33.8 Å². The van der Waals surface area contributed by atoms with Crippen LogP contribution in [0.4, 0.5) is 17.1 Å². The molecule has 1 aliphatic heterocycles. The molecule has 7 N–H and O–H groups in total. The average Bonchev–Trinajstić information content (AvgIpc) is 3.18. The third kappa shape index (κ3) is 2.16. The first-order valence-corrected chi connectivity index (χ1v) is 8.13. The van der Waals surface area contributed by atoms with Crippen LogP contribution in [0, 0.1) is 5.41 Å². The first kappa shape index (κ1) is 15.2. The maximum Gasteiger partial charge on any atom is 0.247 e. The molecule has 0 fully saturated rings. The van der Waals surface area contributed by atoms with Crippen molar-refractivity contribution in [3.05, 3.63) is 48.7 Å². The molecule has 0 atom stereocenters. The Hall–Kier alpha value is -3.35. The number of H-pyrrole nitrogens is 1. The molecule has 0 saturated carbocycles. The van der Waals surface area contributed by atoms with Crippen molar-refractivity contribution in [3.63, 3.8) is 0 Å². The van der Waals surface area contributed by atoms with Crippen molar-refractivity contribution < 1.29 is 5.11 Å². The molecule has 0 spiro atoms. The maximum atomic E-state index is 9.88. The lowest BCUT2D eigenvalue weighted by Crippen LogP contribution is -2.65. The predicted octanol–water partition coefficient (Wildman–Crippen LogP) is 2.83. The second kappa shape index (κ2) is 5.34. The summed E-state index contributed by atoms with van der Waals surface area (Å²) in [6, 6.07) is 12.9. The molecule has 7 heteroatoms. The van der Waals surface area contributed by atoms with Crippen LogP contribution >= 0.6 is 0 Å². The summed E-state index contributed by atoms with van der Waals surface area (Å²) in [7, 11) is 0. The lowest BCUT2D eigenvalue weighted by Gasteiger charge is -2.41. The fraction of sp³-hybridized carbons (Fsp3) is 0.167. The number of anilines is 3. The number of likely N-dealkylation sites (N-methyl/N-ethyl adjacent to an activating group) is 1. The molecule has 0 saturated heterocycles. The normalized spacial score (nSPS) is 14.6. The number of amidine groups is 1. The summed E-state index contributed by atoms with van der Waals surface area (Å²) >= 11 is 0. The fourth-order valence-corrected chi connectivity index (χ4v) is 3.44. The van der Waals surface area contributed by atoms with E-state index in [1.807, 2.05) is 48.4 Å². The van der Waals surface area contributed by atoms with E-state index in [-0.39, 0.29) is 11.6 Å². The Morgan fingerprint density at radius 2 is 1.88 bits per heavy atom. The number of hydrogen-bond donors (Lipinski definition) is 6. The van der Waals surface area contributed by atoms with Gasteiger partial charge in [0, 0.05) is 23.6 Å². The molecule has 7 nitrogen and oxygen atoms in total. The second-order valence-corrected chi connectivity index (χ2v) is 6.07. The molecule has 1 aliphatic rings. The van der Waals surface area contributed by atoms with Crippen molar-refractivity contribution in [2.24, 2.45) is 5.73 Å². The molecule has 1 aromatic heterocycles. The lowest BCUT2D eigenvalue weighted by molar-refractivity contribution is 0.476. The second-order valence-electron chi connectivity index (χ2n) is 6.07. The van der Waals surface area contributed by atoms with E-state index in [9.17, 15) is 5.11 Å². The molecule has 3 aromatic rings. The number of aromatic amines is 1. The smallest absolute Gasteiger partial charge is 0.247 e. The number of nitrogens with one attached hydrogen (secondary N) is 4. The Morgan fingerprint density at radius 3 is 2.48 bits per heavy atom. The number of fused-ring (bicyclic) bond motifs is 2. The van der Waals surface area contributed by atoms with Crippen molar-refractivity contribution in [2.75, 3.05) is 22.1 Å². The molecule has 4 rings (SSSR count). The van der Waals surface area contributed by atoms with Crippen molar-refractivity contribution in [3.8, 4) is 5.75 Å². The topological polar surface area (TPSA) is 113 Å². The average molecular weight is 336 g/mol. The number of phenolic OH excluding ortho intramolecular Hbond substituents is 1. The number of phenols is 1. The predicted molar refractivity (Wildman–Crippen MR) is 101 cm³/mol. The van der Waals surface area contributed by atoms with Gasteiger partial charge in [-0.25, -0.2) is 0 Å². The summed E-state index contributed by atoms with van der Waals surface area (Å²) < 4.78 is 0. The number of rotatable bonds is 4. The third-order valence-electron chi connectivity index (χ3n) is 4.60. The first-order valence-electron chi connectivity index (χ1n) is 8.13. The molecule has 25 heavy (non-hydrogen) atoms. The minimum absolute atomic E-state index is 0.0416. The van der Waals surface area contributed by atoms with Gasteiger partial charge in [0.05, 0.1) is 17.1 Å². The highest BCUT2D eigenvalue weighted by Crippen LogP contribution is 2.40. The van der Waals surface area contributed by atoms with E-state index in [4.69, 9.17) is 11.1 Å². The minimum atomic E-state index is -1.07. The van der Waals surface area contributed by atoms with Gasteiger partial charge in [-0.1, -0.05) is 12.1 Å². The zero-order chi connectivity index (χ0) is 17.6. The number of benzene rings is 2. The van der Waals surface area contributed by atoms with Gasteiger partial charge in [-0.2, -0.15) is 0 Å². The van der Waals surface area contributed by atoms with E-state index in [0.29, 0.717) is 6.54 Å². The zero-order valence-electron chi connectivity index (χ0n) is 13.8. The summed E-state index contributed by atoms with van der Waals surface area (Å²) in [4.78, 5) is 5.19. The van der Waals surface area contributed by atoms with Gasteiger partial charge in [-0.05, 0) is 37.3 Å². The number of aromatic hydroxyl groups is 1. The Balaban J connectivity index is 1.86. The van der Waals surface area contributed by atoms with Crippen molar-refractivity contribution in [2.45, 2.75) is 12.7 Å². The van der Waals surface area contributed by atoms with Gasteiger partial charge >= 0.3 is 0 Å². The van der Waals surface area contributed by atoms with Gasteiger partial charge in [0.2, 0.25) is 5.79 Å². The van der Waals surface area contributed by atoms with Gasteiger partial charge in [0.1, 0.15) is 5.75 Å². The van der Waals surface area contributed by atoms with E-state index in [0.717, 1.165) is 28.0 Å². The van der Waals surface area contributed by atoms with Crippen molar-refractivity contribution in [1.82, 2.24) is 4.98 Å². The number of para-hydroxylation sites is 2. The van der Waals surface area contributed by atoms with Crippen LogP contribution in [0.25, 0.3) is 10.9 Å². The molecular formula is C18H20N6O. The van der Waals surface area contributed by atoms with Gasteiger partial charge in [0.25, 0.3) is 0 Å². The van der Waals surface area contributed by atoms with Gasteiger partial charge in [0.15, 0.2) is 5.84 Å². The summed E-state index contributed by atoms with van der Waals surface area (Å²) in [5.74, 6) is -0.920. The number of nitrogens with zero attached hydrogens (tertiary/aromatic N) is 1. The Kier molecular flexibility index (Phi) is 3.24. The van der Waals surface area contributed by atoms with Crippen LogP contribution in [0.5, 0.6) is 5.75 Å². The van der Waals surface area contributed by atoms with Crippen LogP contribution in [-0.4, -0.2) is 28.3 Å². The number of aromatic nitrogens is 1. The highest BCUT2D eigenvalue weighted by Gasteiger charge is 2.45. The van der Waals surface area contributed by atoms with Gasteiger partial charge in [-0.15, -0.1) is 0 Å². The van der Waals surface area contributed by atoms with Crippen LogP contribution in [0.1, 0.15) is 6.92 Å². The van der Waals surface area contributed by atoms with Crippen LogP contribution < -0.4 is 21.3 Å². The lowest BCUT2D eigenvalue weighted by atomic mass is 10.1. The minimum Gasteiger partial charge on any atom is -0.508 e. The molecule has 0 bridgehead atoms. The Labute approximate surface area is 145 Å². The number of nitrogens with two attached hydrogens (primary N) is 1. The van der Waals surface area contributed by atoms with E-state index in [2.05, 4.69) is 15.6 Å². The third-order valence-corrected chi connectivity index (χ3v) is 4.60. The van der Waals surface area contributed by atoms with E-state index < -0.39 is 5.79 Å². The standard InChI is InChI=1S/C18H20N6O/c1-2-24(16-10-21-13-8-7-11(25)9-12(13)16)18(17(19)20)22-14-5-3-4-6-15(14)23-18/h3-10,21-23,25H,2H2,1H3,(H3,19,20). The largest absolute Gasteiger partial charge is 0.508 e. The summed E-state index contributed by atoms with van der Waals surface area (Å²) in [5, 5.41) is 25.7. The molecule has 0 aliphatic carbocycles. The molecule has 2 aromatic carbocycles. The molecule has 0 radical (unpaired) electrons. The monoisotopic (exact) mass is 336 g/mol. The zero-order valence-corrected chi connectivity index (χ0v) is 13.8. The summed E-state index contributed by atoms with van der Waals surface area (Å²) in [5.41, 5.74) is 9.55. The SMILES string of the molecule is CCN(c1c[nH]c2ccc(O)cc12)C1(C(=N)N)Nc2ccccc2N1. The van der Waals surface area contributed by atoms with Crippen LogP contribution in [0.15, 0.2) is 48.7 Å². The van der Waals surface area contributed by atoms with Crippen LogP contribution in [-0.2, 0) is 0 Å². The van der Waals surface area contributed by atoms with E-state index in [1.165, 1.54) is 0 Å². The molecular weight excluding hydrogens is 316 g/mol. The Bertz CT molecular complexity index is 938. The molecule has 128 valence electrons. The molecule has 2 heterocycles. The fourth-order valence-electron chi connectivity index (χ4n) is 3.44. The number of hydrogen-bond acceptors (Lipinski definition) is 5. The molecule has 0 amide bonds. The Morgan fingerprint density at radius 1 is 1.20 bits per heavy atom.